The van der Waals surface area contributed by atoms with E-state index in [2.05, 4.69) is 21.2 Å². The van der Waals surface area contributed by atoms with Crippen molar-refractivity contribution in [1.29, 1.82) is 0 Å². The number of benzene rings is 1. The fraction of sp³-hybridized carbons (Fsp3) is 0.364. The van der Waals surface area contributed by atoms with Crippen LogP contribution in [0.5, 0.6) is 5.75 Å². The first-order chi connectivity index (χ1) is 7.50. The molecule has 0 aromatic heterocycles. The SMILES string of the molecule is CN(C)C(=O)CNCc1cc(O)ccc1Br. The summed E-state index contributed by atoms with van der Waals surface area (Å²) in [6.07, 6.45) is 0. The van der Waals surface area contributed by atoms with E-state index in [-0.39, 0.29) is 18.2 Å². The predicted octanol–water partition coefficient (Wildman–Crippen LogP) is 1.33. The Labute approximate surface area is 103 Å². The Hall–Kier alpha value is -1.07. The number of nitrogens with zero attached hydrogens (tertiary/aromatic N) is 1. The van der Waals surface area contributed by atoms with Gasteiger partial charge in [-0.05, 0) is 23.8 Å². The summed E-state index contributed by atoms with van der Waals surface area (Å²) < 4.78 is 0.912. The molecule has 0 aliphatic rings. The van der Waals surface area contributed by atoms with Crippen molar-refractivity contribution < 1.29 is 9.90 Å². The van der Waals surface area contributed by atoms with Crippen LogP contribution in [0, 0.1) is 0 Å². The van der Waals surface area contributed by atoms with Crippen LogP contribution in [0.15, 0.2) is 22.7 Å². The minimum absolute atomic E-state index is 0.0243. The number of likely N-dealkylation sites (N-methyl/N-ethyl adjacent to an activating group) is 1. The predicted molar refractivity (Wildman–Crippen MR) is 66.2 cm³/mol. The largest absolute Gasteiger partial charge is 0.508 e. The average Bonchev–Trinajstić information content (AvgIpc) is 2.22. The first kappa shape index (κ1) is 13.0. The molecule has 0 bridgehead atoms. The van der Waals surface area contributed by atoms with Gasteiger partial charge in [-0.25, -0.2) is 0 Å². The topological polar surface area (TPSA) is 52.6 Å². The number of carbonyl (C=O) groups excluding carboxylic acids is 1. The number of nitrogens with one attached hydrogen (secondary N) is 1. The Bertz CT molecular complexity index is 380. The van der Waals surface area contributed by atoms with E-state index in [0.29, 0.717) is 6.54 Å². The van der Waals surface area contributed by atoms with Gasteiger partial charge in [0.1, 0.15) is 5.75 Å². The second kappa shape index (κ2) is 5.86. The fourth-order valence-electron chi connectivity index (χ4n) is 1.16. The molecular weight excluding hydrogens is 272 g/mol. The number of carbonyl (C=O) groups is 1. The Kier molecular flexibility index (Phi) is 4.76. The summed E-state index contributed by atoms with van der Waals surface area (Å²) >= 11 is 3.38. The van der Waals surface area contributed by atoms with Gasteiger partial charge in [-0.3, -0.25) is 4.79 Å². The minimum atomic E-state index is 0.0243. The summed E-state index contributed by atoms with van der Waals surface area (Å²) in [5.41, 5.74) is 0.923. The molecule has 0 atom stereocenters. The molecule has 0 unspecified atom stereocenters. The van der Waals surface area contributed by atoms with Gasteiger partial charge >= 0.3 is 0 Å². The van der Waals surface area contributed by atoms with Crippen LogP contribution in [0.4, 0.5) is 0 Å². The van der Waals surface area contributed by atoms with Crippen LogP contribution < -0.4 is 5.32 Å². The molecule has 0 radical (unpaired) electrons. The molecule has 0 spiro atoms. The lowest BCUT2D eigenvalue weighted by Gasteiger charge is -2.11. The van der Waals surface area contributed by atoms with Crippen molar-refractivity contribution in [2.24, 2.45) is 0 Å². The summed E-state index contributed by atoms with van der Waals surface area (Å²) in [6, 6.07) is 5.05. The van der Waals surface area contributed by atoms with Crippen molar-refractivity contribution in [1.82, 2.24) is 10.2 Å². The van der Waals surface area contributed by atoms with Crippen LogP contribution in [0.1, 0.15) is 5.56 Å². The normalized spacial score (nSPS) is 10.2. The number of hydrogen-bond acceptors (Lipinski definition) is 3. The number of rotatable bonds is 4. The van der Waals surface area contributed by atoms with E-state index in [1.807, 2.05) is 0 Å². The van der Waals surface area contributed by atoms with Gasteiger partial charge in [0.15, 0.2) is 0 Å². The van der Waals surface area contributed by atoms with Crippen molar-refractivity contribution in [2.75, 3.05) is 20.6 Å². The summed E-state index contributed by atoms with van der Waals surface area (Å²) in [5, 5.41) is 12.3. The number of amides is 1. The Morgan fingerprint density at radius 1 is 1.50 bits per heavy atom. The molecular formula is C11H15BrN2O2. The standard InChI is InChI=1S/C11H15BrN2O2/c1-14(2)11(16)7-13-6-8-5-9(15)3-4-10(8)12/h3-5,13,15H,6-7H2,1-2H3. The third-order valence-corrected chi connectivity index (χ3v) is 2.89. The van der Waals surface area contributed by atoms with Crippen LogP contribution in [0.2, 0.25) is 0 Å². The van der Waals surface area contributed by atoms with E-state index in [1.165, 1.54) is 4.90 Å². The minimum Gasteiger partial charge on any atom is -0.508 e. The molecule has 0 aliphatic carbocycles. The third-order valence-electron chi connectivity index (χ3n) is 2.12. The summed E-state index contributed by atoms with van der Waals surface area (Å²) in [5.74, 6) is 0.246. The molecule has 4 nitrogen and oxygen atoms in total. The lowest BCUT2D eigenvalue weighted by Crippen LogP contribution is -2.32. The number of hydrogen-bond donors (Lipinski definition) is 2. The highest BCUT2D eigenvalue weighted by atomic mass is 79.9. The maximum Gasteiger partial charge on any atom is 0.236 e. The quantitative estimate of drug-likeness (QED) is 0.878. The monoisotopic (exact) mass is 286 g/mol. The second-order valence-electron chi connectivity index (χ2n) is 3.67. The first-order valence-electron chi connectivity index (χ1n) is 4.89. The van der Waals surface area contributed by atoms with Crippen LogP contribution in [-0.4, -0.2) is 36.6 Å². The summed E-state index contributed by atoms with van der Waals surface area (Å²) in [7, 11) is 3.43. The van der Waals surface area contributed by atoms with Gasteiger partial charge in [0.2, 0.25) is 5.91 Å². The highest BCUT2D eigenvalue weighted by Crippen LogP contribution is 2.21. The zero-order chi connectivity index (χ0) is 12.1. The van der Waals surface area contributed by atoms with Gasteiger partial charge in [0, 0.05) is 25.1 Å². The van der Waals surface area contributed by atoms with E-state index < -0.39 is 0 Å². The van der Waals surface area contributed by atoms with Crippen LogP contribution in [0.3, 0.4) is 0 Å². The van der Waals surface area contributed by atoms with E-state index in [4.69, 9.17) is 0 Å². The van der Waals surface area contributed by atoms with Crippen molar-refractivity contribution in [3.8, 4) is 5.75 Å². The zero-order valence-electron chi connectivity index (χ0n) is 9.33. The van der Waals surface area contributed by atoms with Crippen molar-refractivity contribution in [2.45, 2.75) is 6.54 Å². The van der Waals surface area contributed by atoms with Crippen LogP contribution >= 0.6 is 15.9 Å². The number of phenolic OH excluding ortho intramolecular Hbond substituents is 1. The second-order valence-corrected chi connectivity index (χ2v) is 4.52. The van der Waals surface area contributed by atoms with Crippen molar-refractivity contribution in [3.63, 3.8) is 0 Å². The lowest BCUT2D eigenvalue weighted by molar-refractivity contribution is -0.127. The molecule has 2 N–H and O–H groups in total. The Morgan fingerprint density at radius 3 is 2.81 bits per heavy atom. The maximum absolute atomic E-state index is 11.3. The highest BCUT2D eigenvalue weighted by molar-refractivity contribution is 9.10. The van der Waals surface area contributed by atoms with Gasteiger partial charge in [-0.2, -0.15) is 0 Å². The van der Waals surface area contributed by atoms with E-state index in [1.54, 1.807) is 32.3 Å². The number of aromatic hydroxyl groups is 1. The van der Waals surface area contributed by atoms with E-state index in [0.717, 1.165) is 10.0 Å². The molecule has 0 heterocycles. The number of halogens is 1. The van der Waals surface area contributed by atoms with Gasteiger partial charge in [0.05, 0.1) is 6.54 Å². The van der Waals surface area contributed by atoms with Crippen molar-refractivity contribution >= 4 is 21.8 Å². The fourth-order valence-corrected chi connectivity index (χ4v) is 1.55. The molecule has 1 aromatic rings. The molecule has 1 amide bonds. The molecule has 0 fully saturated rings. The average molecular weight is 287 g/mol. The first-order valence-corrected chi connectivity index (χ1v) is 5.68. The zero-order valence-corrected chi connectivity index (χ0v) is 10.9. The molecule has 0 saturated heterocycles. The maximum atomic E-state index is 11.3. The highest BCUT2D eigenvalue weighted by Gasteiger charge is 2.04. The smallest absolute Gasteiger partial charge is 0.236 e. The Balaban J connectivity index is 2.49. The molecule has 0 saturated carbocycles. The Morgan fingerprint density at radius 2 is 2.19 bits per heavy atom. The van der Waals surface area contributed by atoms with Gasteiger partial charge in [-0.1, -0.05) is 15.9 Å². The molecule has 1 rings (SSSR count). The molecule has 16 heavy (non-hydrogen) atoms. The third kappa shape index (κ3) is 3.83. The van der Waals surface area contributed by atoms with Crippen molar-refractivity contribution in [3.05, 3.63) is 28.2 Å². The number of phenols is 1. The van der Waals surface area contributed by atoms with E-state index in [9.17, 15) is 9.90 Å². The summed E-state index contributed by atoms with van der Waals surface area (Å²) in [4.78, 5) is 12.8. The van der Waals surface area contributed by atoms with Crippen LogP contribution in [0.25, 0.3) is 0 Å². The summed E-state index contributed by atoms with van der Waals surface area (Å²) in [6.45, 7) is 0.823. The van der Waals surface area contributed by atoms with Gasteiger partial charge < -0.3 is 15.3 Å². The molecule has 88 valence electrons. The molecule has 0 aliphatic heterocycles. The van der Waals surface area contributed by atoms with E-state index >= 15 is 0 Å². The van der Waals surface area contributed by atoms with Crippen LogP contribution in [-0.2, 0) is 11.3 Å². The molecule has 5 heteroatoms. The van der Waals surface area contributed by atoms with Gasteiger partial charge in [-0.15, -0.1) is 0 Å². The lowest BCUT2D eigenvalue weighted by atomic mass is 10.2. The molecule has 1 aromatic carbocycles. The van der Waals surface area contributed by atoms with Gasteiger partial charge in [0.25, 0.3) is 0 Å².